The van der Waals surface area contributed by atoms with Crippen molar-refractivity contribution >= 4 is 12.4 Å². The monoisotopic (exact) mass is 251 g/mol. The largest absolute Gasteiger partial charge is 0.479 e. The number of hydrogen-bond donors (Lipinski definition) is 1. The van der Waals surface area contributed by atoms with Crippen molar-refractivity contribution in [3.8, 4) is 0 Å². The van der Waals surface area contributed by atoms with Crippen molar-refractivity contribution in [1.29, 1.82) is 0 Å². The van der Waals surface area contributed by atoms with Crippen LogP contribution in [0.15, 0.2) is 30.3 Å². The van der Waals surface area contributed by atoms with E-state index in [9.17, 15) is 14.7 Å². The summed E-state index contributed by atoms with van der Waals surface area (Å²) in [5.41, 5.74) is -0.958. The first-order valence-corrected chi connectivity index (χ1v) is 5.63. The molecule has 0 aliphatic carbocycles. The van der Waals surface area contributed by atoms with Gasteiger partial charge in [-0.3, -0.25) is 4.79 Å². The molecular weight excluding hydrogens is 234 g/mol. The summed E-state index contributed by atoms with van der Waals surface area (Å²) in [4.78, 5) is 24.1. The Morgan fingerprint density at radius 2 is 2.06 bits per heavy atom. The molecule has 1 unspecified atom stereocenters. The van der Waals surface area contributed by atoms with Gasteiger partial charge in [-0.05, 0) is 12.5 Å². The number of nitrogens with zero attached hydrogens (tertiary/aromatic N) is 1. The first kappa shape index (κ1) is 14.2. The third-order valence-corrected chi connectivity index (χ3v) is 2.92. The Morgan fingerprint density at radius 1 is 1.44 bits per heavy atom. The third kappa shape index (κ3) is 2.36. The van der Waals surface area contributed by atoms with E-state index in [0.717, 1.165) is 0 Å². The van der Waals surface area contributed by atoms with E-state index in [-0.39, 0.29) is 13.2 Å². The number of rotatable bonds is 7. The lowest BCUT2D eigenvalue weighted by Gasteiger charge is -2.37. The second kappa shape index (κ2) is 6.16. The van der Waals surface area contributed by atoms with E-state index in [4.69, 9.17) is 4.74 Å². The van der Waals surface area contributed by atoms with Crippen LogP contribution in [0.2, 0.25) is 0 Å². The number of benzene rings is 1. The SMILES string of the molecule is CCN(C=O)C(COC)(C(=O)O)c1ccccc1. The van der Waals surface area contributed by atoms with Crippen LogP contribution in [-0.2, 0) is 19.9 Å². The molecule has 0 aliphatic heterocycles. The van der Waals surface area contributed by atoms with Gasteiger partial charge in [0.2, 0.25) is 6.41 Å². The summed E-state index contributed by atoms with van der Waals surface area (Å²) in [6, 6.07) is 8.63. The summed E-state index contributed by atoms with van der Waals surface area (Å²) in [5, 5.41) is 9.56. The molecular formula is C13H17NO4. The molecule has 1 amide bonds. The zero-order valence-electron chi connectivity index (χ0n) is 10.5. The predicted molar refractivity (Wildman–Crippen MR) is 66.1 cm³/mol. The fraction of sp³-hybridized carbons (Fsp3) is 0.385. The lowest BCUT2D eigenvalue weighted by atomic mass is 9.89. The minimum Gasteiger partial charge on any atom is -0.479 e. The van der Waals surface area contributed by atoms with Crippen LogP contribution >= 0.6 is 0 Å². The quantitative estimate of drug-likeness (QED) is 0.737. The Hall–Kier alpha value is -1.88. The molecule has 0 spiro atoms. The normalized spacial score (nSPS) is 13.7. The van der Waals surface area contributed by atoms with Gasteiger partial charge in [0.1, 0.15) is 0 Å². The van der Waals surface area contributed by atoms with Gasteiger partial charge in [0.05, 0.1) is 6.61 Å². The van der Waals surface area contributed by atoms with Crippen molar-refractivity contribution in [2.75, 3.05) is 20.3 Å². The van der Waals surface area contributed by atoms with Crippen LogP contribution in [0.1, 0.15) is 12.5 Å². The maximum atomic E-state index is 11.7. The lowest BCUT2D eigenvalue weighted by molar-refractivity contribution is -0.160. The summed E-state index contributed by atoms with van der Waals surface area (Å²) < 4.78 is 5.03. The minimum atomic E-state index is -1.48. The highest BCUT2D eigenvalue weighted by Crippen LogP contribution is 2.28. The van der Waals surface area contributed by atoms with Crippen LogP contribution in [0.3, 0.4) is 0 Å². The summed E-state index contributed by atoms with van der Waals surface area (Å²) in [5.74, 6) is -1.11. The first-order valence-electron chi connectivity index (χ1n) is 5.63. The third-order valence-electron chi connectivity index (χ3n) is 2.92. The zero-order chi connectivity index (χ0) is 13.6. The summed E-state index contributed by atoms with van der Waals surface area (Å²) in [6.07, 6.45) is 0.542. The highest BCUT2D eigenvalue weighted by atomic mass is 16.5. The highest BCUT2D eigenvalue weighted by molar-refractivity contribution is 5.83. The molecule has 1 aromatic rings. The molecule has 0 fully saturated rings. The smallest absolute Gasteiger partial charge is 0.336 e. The van der Waals surface area contributed by atoms with Crippen molar-refractivity contribution < 1.29 is 19.4 Å². The van der Waals surface area contributed by atoms with Crippen LogP contribution in [0.25, 0.3) is 0 Å². The van der Waals surface area contributed by atoms with Crippen molar-refractivity contribution in [3.05, 3.63) is 35.9 Å². The van der Waals surface area contributed by atoms with E-state index < -0.39 is 11.5 Å². The second-order valence-electron chi connectivity index (χ2n) is 3.86. The van der Waals surface area contributed by atoms with Gasteiger partial charge >= 0.3 is 5.97 Å². The van der Waals surface area contributed by atoms with E-state index in [1.54, 1.807) is 37.3 Å². The van der Waals surface area contributed by atoms with Gasteiger partial charge in [-0.15, -0.1) is 0 Å². The summed E-state index contributed by atoms with van der Waals surface area (Å²) in [7, 11) is 1.42. The molecule has 0 saturated heterocycles. The van der Waals surface area contributed by atoms with Gasteiger partial charge in [0, 0.05) is 13.7 Å². The fourth-order valence-corrected chi connectivity index (χ4v) is 2.00. The van der Waals surface area contributed by atoms with Crippen LogP contribution < -0.4 is 0 Å². The maximum Gasteiger partial charge on any atom is 0.336 e. The van der Waals surface area contributed by atoms with Crippen LogP contribution in [0.5, 0.6) is 0 Å². The molecule has 98 valence electrons. The number of carboxylic acid groups (broad SMARTS) is 1. The average Bonchev–Trinajstić information content (AvgIpc) is 2.39. The molecule has 18 heavy (non-hydrogen) atoms. The second-order valence-corrected chi connectivity index (χ2v) is 3.86. The highest BCUT2D eigenvalue weighted by Gasteiger charge is 2.45. The molecule has 0 aliphatic rings. The molecule has 0 aromatic heterocycles. The number of ether oxygens (including phenoxy) is 1. The molecule has 0 radical (unpaired) electrons. The van der Waals surface area contributed by atoms with Gasteiger partial charge in [-0.1, -0.05) is 30.3 Å². The fourth-order valence-electron chi connectivity index (χ4n) is 2.00. The number of hydrogen-bond acceptors (Lipinski definition) is 3. The van der Waals surface area contributed by atoms with Crippen LogP contribution in [0, 0.1) is 0 Å². The zero-order valence-corrected chi connectivity index (χ0v) is 10.5. The number of aliphatic carboxylic acids is 1. The molecule has 1 N–H and O–H groups in total. The number of carboxylic acids is 1. The van der Waals surface area contributed by atoms with E-state index in [1.807, 2.05) is 0 Å². The van der Waals surface area contributed by atoms with Crippen LogP contribution in [-0.4, -0.2) is 42.6 Å². The lowest BCUT2D eigenvalue weighted by Crippen LogP contribution is -2.54. The molecule has 5 nitrogen and oxygen atoms in total. The Morgan fingerprint density at radius 3 is 2.44 bits per heavy atom. The van der Waals surface area contributed by atoms with Crippen molar-refractivity contribution in [2.45, 2.75) is 12.5 Å². The van der Waals surface area contributed by atoms with Crippen molar-refractivity contribution in [2.24, 2.45) is 0 Å². The molecule has 0 saturated carbocycles. The standard InChI is InChI=1S/C13H17NO4/c1-3-14(10-15)13(9-18-2,12(16)17)11-7-5-4-6-8-11/h4-8,10H,3,9H2,1-2H3,(H,16,17). The van der Waals surface area contributed by atoms with E-state index in [0.29, 0.717) is 12.0 Å². The number of likely N-dealkylation sites (N-methyl/N-ethyl adjacent to an activating group) is 1. The number of carbonyl (C=O) groups excluding carboxylic acids is 1. The molecule has 0 bridgehead atoms. The van der Waals surface area contributed by atoms with E-state index in [1.165, 1.54) is 12.0 Å². The molecule has 1 rings (SSSR count). The number of amides is 1. The van der Waals surface area contributed by atoms with Gasteiger partial charge in [0.25, 0.3) is 0 Å². The average molecular weight is 251 g/mol. The summed E-state index contributed by atoms with van der Waals surface area (Å²) >= 11 is 0. The van der Waals surface area contributed by atoms with Crippen molar-refractivity contribution in [3.63, 3.8) is 0 Å². The Bertz CT molecular complexity index is 407. The van der Waals surface area contributed by atoms with Crippen molar-refractivity contribution in [1.82, 2.24) is 4.90 Å². The molecule has 1 aromatic carbocycles. The minimum absolute atomic E-state index is 0.0983. The van der Waals surface area contributed by atoms with Gasteiger partial charge in [0.15, 0.2) is 5.54 Å². The molecule has 5 heteroatoms. The molecule has 1 atom stereocenters. The Balaban J connectivity index is 3.38. The van der Waals surface area contributed by atoms with Gasteiger partial charge in [-0.2, -0.15) is 0 Å². The molecule has 0 heterocycles. The van der Waals surface area contributed by atoms with Crippen LogP contribution in [0.4, 0.5) is 0 Å². The Labute approximate surface area is 106 Å². The van der Waals surface area contributed by atoms with E-state index >= 15 is 0 Å². The number of carbonyl (C=O) groups is 2. The van der Waals surface area contributed by atoms with E-state index in [2.05, 4.69) is 0 Å². The Kier molecular flexibility index (Phi) is 4.85. The number of methoxy groups -OCH3 is 1. The maximum absolute atomic E-state index is 11.7. The van der Waals surface area contributed by atoms with Gasteiger partial charge in [-0.25, -0.2) is 4.79 Å². The topological polar surface area (TPSA) is 66.8 Å². The summed E-state index contributed by atoms with van der Waals surface area (Å²) in [6.45, 7) is 1.91. The first-order chi connectivity index (χ1) is 8.63. The van der Waals surface area contributed by atoms with Gasteiger partial charge < -0.3 is 14.7 Å². The predicted octanol–water partition coefficient (Wildman–Crippen LogP) is 1.09.